The van der Waals surface area contributed by atoms with E-state index in [4.69, 9.17) is 14.2 Å². The van der Waals surface area contributed by atoms with Crippen LogP contribution < -0.4 is 14.8 Å². The summed E-state index contributed by atoms with van der Waals surface area (Å²) in [5, 5.41) is 4.78. The molecule has 0 aliphatic carbocycles. The van der Waals surface area contributed by atoms with Crippen molar-refractivity contribution < 1.29 is 23.8 Å². The minimum atomic E-state index is -0.388. The molecule has 9 heteroatoms. The van der Waals surface area contributed by atoms with Crippen molar-refractivity contribution in [2.45, 2.75) is 13.3 Å². The number of carbonyl (C=O) groups excluding carboxylic acids is 2. The second-order valence-corrected chi connectivity index (χ2v) is 7.93. The van der Waals surface area contributed by atoms with Gasteiger partial charge in [0.25, 0.3) is 0 Å². The summed E-state index contributed by atoms with van der Waals surface area (Å²) >= 11 is 1.47. The molecule has 0 unspecified atom stereocenters. The standard InChI is InChI=1S/C24H23N3O5S/c1-4-32-23(29)15-5-8-17(9-6-15)25-22(28)12-18-14-33-24-26-19(13-27(18)24)16-7-10-20(30-2)21(11-16)31-3/h5-11,13-14H,4,12H2,1-3H3,(H,25,28). The zero-order valence-electron chi connectivity index (χ0n) is 18.5. The number of anilines is 1. The quantitative estimate of drug-likeness (QED) is 0.387. The third-order valence-electron chi connectivity index (χ3n) is 4.98. The summed E-state index contributed by atoms with van der Waals surface area (Å²) in [5.74, 6) is 0.719. The van der Waals surface area contributed by atoms with Crippen molar-refractivity contribution >= 4 is 33.9 Å². The van der Waals surface area contributed by atoms with Gasteiger partial charge in [-0.2, -0.15) is 0 Å². The Morgan fingerprint density at radius 2 is 1.82 bits per heavy atom. The molecule has 0 saturated carbocycles. The largest absolute Gasteiger partial charge is 0.493 e. The molecule has 0 aliphatic rings. The van der Waals surface area contributed by atoms with E-state index in [1.54, 1.807) is 45.4 Å². The second kappa shape index (κ2) is 9.74. The van der Waals surface area contributed by atoms with E-state index in [1.807, 2.05) is 34.2 Å². The van der Waals surface area contributed by atoms with Crippen LogP contribution in [-0.4, -0.2) is 42.1 Å². The SMILES string of the molecule is CCOC(=O)c1ccc(NC(=O)Cc2csc3nc(-c4ccc(OC)c(OC)c4)cn23)cc1. The molecule has 4 rings (SSSR count). The molecule has 1 amide bonds. The number of ether oxygens (including phenoxy) is 3. The van der Waals surface area contributed by atoms with Crippen molar-refractivity contribution in [3.8, 4) is 22.8 Å². The lowest BCUT2D eigenvalue weighted by Gasteiger charge is -2.08. The molecule has 4 aromatic rings. The molecular formula is C24H23N3O5S. The van der Waals surface area contributed by atoms with Gasteiger partial charge in [-0.15, -0.1) is 11.3 Å². The zero-order chi connectivity index (χ0) is 23.4. The number of hydrogen-bond acceptors (Lipinski definition) is 7. The summed E-state index contributed by atoms with van der Waals surface area (Å²) < 4.78 is 17.6. The Balaban J connectivity index is 1.48. The summed E-state index contributed by atoms with van der Waals surface area (Å²) in [6.45, 7) is 2.07. The zero-order valence-corrected chi connectivity index (χ0v) is 19.3. The highest BCUT2D eigenvalue weighted by atomic mass is 32.1. The smallest absolute Gasteiger partial charge is 0.338 e. The van der Waals surface area contributed by atoms with Gasteiger partial charge in [-0.3, -0.25) is 9.20 Å². The Bertz CT molecular complexity index is 1290. The lowest BCUT2D eigenvalue weighted by atomic mass is 10.1. The fraction of sp³-hybridized carbons (Fsp3) is 0.208. The Labute approximate surface area is 194 Å². The van der Waals surface area contributed by atoms with E-state index in [1.165, 1.54) is 11.3 Å². The van der Waals surface area contributed by atoms with Crippen LogP contribution in [0, 0.1) is 0 Å². The molecule has 2 heterocycles. The number of hydrogen-bond donors (Lipinski definition) is 1. The number of nitrogens with zero attached hydrogens (tertiary/aromatic N) is 2. The van der Waals surface area contributed by atoms with E-state index < -0.39 is 0 Å². The summed E-state index contributed by atoms with van der Waals surface area (Å²) in [6.07, 6.45) is 2.09. The molecule has 0 saturated heterocycles. The third-order valence-corrected chi connectivity index (χ3v) is 5.87. The van der Waals surface area contributed by atoms with Gasteiger partial charge in [-0.05, 0) is 49.4 Å². The van der Waals surface area contributed by atoms with Crippen LogP contribution in [0.25, 0.3) is 16.2 Å². The number of methoxy groups -OCH3 is 2. The molecule has 0 aliphatic heterocycles. The highest BCUT2D eigenvalue weighted by Crippen LogP contribution is 2.32. The number of amides is 1. The van der Waals surface area contributed by atoms with E-state index in [0.717, 1.165) is 21.9 Å². The average molecular weight is 466 g/mol. The second-order valence-electron chi connectivity index (χ2n) is 7.10. The van der Waals surface area contributed by atoms with Gasteiger partial charge in [0.15, 0.2) is 16.5 Å². The number of imidazole rings is 1. The van der Waals surface area contributed by atoms with Crippen LogP contribution >= 0.6 is 11.3 Å². The van der Waals surface area contributed by atoms with E-state index in [2.05, 4.69) is 10.3 Å². The van der Waals surface area contributed by atoms with Crippen LogP contribution in [0.3, 0.4) is 0 Å². The number of thiazole rings is 1. The normalized spacial score (nSPS) is 10.8. The highest BCUT2D eigenvalue weighted by Gasteiger charge is 2.15. The van der Waals surface area contributed by atoms with Crippen LogP contribution in [0.5, 0.6) is 11.5 Å². The maximum Gasteiger partial charge on any atom is 0.338 e. The minimum absolute atomic E-state index is 0.167. The Morgan fingerprint density at radius 1 is 1.06 bits per heavy atom. The van der Waals surface area contributed by atoms with Crippen LogP contribution in [0.2, 0.25) is 0 Å². The maximum atomic E-state index is 12.6. The van der Waals surface area contributed by atoms with E-state index >= 15 is 0 Å². The lowest BCUT2D eigenvalue weighted by molar-refractivity contribution is -0.115. The number of rotatable bonds is 8. The number of benzene rings is 2. The fourth-order valence-electron chi connectivity index (χ4n) is 3.36. The predicted molar refractivity (Wildman–Crippen MR) is 126 cm³/mol. The van der Waals surface area contributed by atoms with Crippen molar-refractivity contribution in [1.82, 2.24) is 9.38 Å². The molecule has 0 radical (unpaired) electrons. The van der Waals surface area contributed by atoms with Gasteiger partial charge < -0.3 is 19.5 Å². The predicted octanol–water partition coefficient (Wildman–Crippen LogP) is 4.44. The Hall–Kier alpha value is -3.85. The number of fused-ring (bicyclic) bond motifs is 1. The summed E-state index contributed by atoms with van der Waals surface area (Å²) in [5.41, 5.74) is 3.54. The number of esters is 1. The fourth-order valence-corrected chi connectivity index (χ4v) is 4.24. The van der Waals surface area contributed by atoms with Crippen molar-refractivity contribution in [1.29, 1.82) is 0 Å². The average Bonchev–Trinajstić information content (AvgIpc) is 3.41. The highest BCUT2D eigenvalue weighted by molar-refractivity contribution is 7.15. The van der Waals surface area contributed by atoms with Gasteiger partial charge >= 0.3 is 5.97 Å². The first-order chi connectivity index (χ1) is 16.0. The molecular weight excluding hydrogens is 442 g/mol. The molecule has 0 atom stereocenters. The van der Waals surface area contributed by atoms with Crippen LogP contribution in [-0.2, 0) is 16.0 Å². The molecule has 0 bridgehead atoms. The van der Waals surface area contributed by atoms with Gasteiger partial charge in [-0.25, -0.2) is 9.78 Å². The van der Waals surface area contributed by atoms with E-state index in [9.17, 15) is 9.59 Å². The minimum Gasteiger partial charge on any atom is -0.493 e. The molecule has 1 N–H and O–H groups in total. The topological polar surface area (TPSA) is 91.2 Å². The number of nitrogens with one attached hydrogen (secondary N) is 1. The van der Waals surface area contributed by atoms with E-state index in [-0.39, 0.29) is 18.3 Å². The third kappa shape index (κ3) is 4.83. The lowest BCUT2D eigenvalue weighted by Crippen LogP contribution is -2.15. The van der Waals surface area contributed by atoms with E-state index in [0.29, 0.717) is 29.4 Å². The van der Waals surface area contributed by atoms with Gasteiger partial charge in [0.05, 0.1) is 38.5 Å². The molecule has 0 spiro atoms. The monoisotopic (exact) mass is 465 g/mol. The van der Waals surface area contributed by atoms with Crippen molar-refractivity contribution in [3.63, 3.8) is 0 Å². The van der Waals surface area contributed by atoms with Crippen LogP contribution in [0.15, 0.2) is 54.0 Å². The Morgan fingerprint density at radius 3 is 2.52 bits per heavy atom. The van der Waals surface area contributed by atoms with Crippen molar-refractivity contribution in [2.75, 3.05) is 26.1 Å². The summed E-state index contributed by atoms with van der Waals surface area (Å²) in [4.78, 5) is 29.8. The van der Waals surface area contributed by atoms with Crippen LogP contribution in [0.4, 0.5) is 5.69 Å². The van der Waals surface area contributed by atoms with Gasteiger partial charge in [-0.1, -0.05) is 0 Å². The maximum absolute atomic E-state index is 12.6. The molecule has 2 aromatic heterocycles. The summed E-state index contributed by atoms with van der Waals surface area (Å²) in [7, 11) is 3.19. The molecule has 33 heavy (non-hydrogen) atoms. The first-order valence-corrected chi connectivity index (χ1v) is 11.1. The number of carbonyl (C=O) groups is 2. The molecule has 8 nitrogen and oxygen atoms in total. The molecule has 170 valence electrons. The molecule has 0 fully saturated rings. The van der Waals surface area contributed by atoms with Gasteiger partial charge in [0, 0.05) is 28.5 Å². The summed E-state index contributed by atoms with van der Waals surface area (Å²) in [6, 6.07) is 12.2. The van der Waals surface area contributed by atoms with Crippen LogP contribution in [0.1, 0.15) is 23.0 Å². The first-order valence-electron chi connectivity index (χ1n) is 10.3. The number of aromatic nitrogens is 2. The van der Waals surface area contributed by atoms with Gasteiger partial charge in [0.2, 0.25) is 5.91 Å². The first kappa shape index (κ1) is 22.3. The van der Waals surface area contributed by atoms with Crippen molar-refractivity contribution in [3.05, 3.63) is 65.3 Å². The van der Waals surface area contributed by atoms with Gasteiger partial charge in [0.1, 0.15) is 0 Å². The molecule has 2 aromatic carbocycles. The van der Waals surface area contributed by atoms with Crippen molar-refractivity contribution in [2.24, 2.45) is 0 Å². The Kier molecular flexibility index (Phi) is 6.60.